The Kier molecular flexibility index (Phi) is 4.30. The molecule has 1 aliphatic heterocycles. The third-order valence-electron chi connectivity index (χ3n) is 4.56. The molecule has 0 saturated heterocycles. The third-order valence-corrected chi connectivity index (χ3v) is 4.89. The Hall–Kier alpha value is -3.00. The summed E-state index contributed by atoms with van der Waals surface area (Å²) in [5, 5.41) is 16.9. The second-order valence-corrected chi connectivity index (χ2v) is 6.72. The maximum atomic E-state index is 13.1. The van der Waals surface area contributed by atoms with Gasteiger partial charge in [-0.25, -0.2) is 9.48 Å². The highest BCUT2D eigenvalue weighted by atomic mass is 35.5. The number of carboxylic acids is 1. The molecular weight excluding hydrogens is 395 g/mol. The summed E-state index contributed by atoms with van der Waals surface area (Å²) in [6.07, 6.45) is -3.90. The summed E-state index contributed by atoms with van der Waals surface area (Å²) in [5.41, 5.74) is 1.26. The average molecular weight is 408 g/mol. The van der Waals surface area contributed by atoms with E-state index in [0.717, 1.165) is 17.7 Å². The maximum absolute atomic E-state index is 13.1. The maximum Gasteiger partial charge on any atom is 0.416 e. The van der Waals surface area contributed by atoms with E-state index in [0.29, 0.717) is 30.2 Å². The molecular formula is C19H13ClF3N3O2. The Labute approximate surface area is 162 Å². The van der Waals surface area contributed by atoms with Crippen molar-refractivity contribution < 1.29 is 23.1 Å². The van der Waals surface area contributed by atoms with E-state index in [1.165, 1.54) is 18.2 Å². The van der Waals surface area contributed by atoms with Crippen LogP contribution in [0.25, 0.3) is 16.9 Å². The Bertz CT molecular complexity index is 1080. The van der Waals surface area contributed by atoms with Gasteiger partial charge in [0.1, 0.15) is 5.82 Å². The topological polar surface area (TPSA) is 67.1 Å². The second kappa shape index (κ2) is 6.56. The minimum absolute atomic E-state index is 0.127. The van der Waals surface area contributed by atoms with Crippen molar-refractivity contribution >= 4 is 23.4 Å². The zero-order valence-electron chi connectivity index (χ0n) is 14.2. The molecule has 0 radical (unpaired) electrons. The van der Waals surface area contributed by atoms with Gasteiger partial charge in [-0.3, -0.25) is 0 Å². The number of halogens is 4. The predicted molar refractivity (Wildman–Crippen MR) is 98.2 cm³/mol. The molecule has 28 heavy (non-hydrogen) atoms. The van der Waals surface area contributed by atoms with Gasteiger partial charge in [-0.15, -0.1) is 0 Å². The van der Waals surface area contributed by atoms with Gasteiger partial charge in [0.15, 0.2) is 0 Å². The first-order chi connectivity index (χ1) is 13.3. The number of anilines is 1. The number of nitrogens with one attached hydrogen (secondary N) is 1. The van der Waals surface area contributed by atoms with Gasteiger partial charge in [-0.2, -0.15) is 18.3 Å². The molecule has 4 rings (SSSR count). The van der Waals surface area contributed by atoms with Gasteiger partial charge in [0.25, 0.3) is 0 Å². The van der Waals surface area contributed by atoms with Gasteiger partial charge in [0.05, 0.1) is 27.5 Å². The highest BCUT2D eigenvalue weighted by molar-refractivity contribution is 6.33. The molecule has 0 fully saturated rings. The number of hydrogen-bond acceptors (Lipinski definition) is 3. The molecule has 3 aromatic rings. The van der Waals surface area contributed by atoms with E-state index in [4.69, 9.17) is 16.7 Å². The van der Waals surface area contributed by atoms with Crippen LogP contribution in [0.15, 0.2) is 42.5 Å². The Morgan fingerprint density at radius 3 is 2.54 bits per heavy atom. The number of aromatic nitrogens is 2. The summed E-state index contributed by atoms with van der Waals surface area (Å²) in [6.45, 7) is 0.615. The SMILES string of the molecule is O=C(O)c1ccc(-n2nc(-c3cc(C(F)(F)F)ccc3Cl)c3c2NCC3)cc1. The summed E-state index contributed by atoms with van der Waals surface area (Å²) < 4.78 is 41.0. The number of alkyl halides is 3. The molecule has 9 heteroatoms. The highest BCUT2D eigenvalue weighted by Crippen LogP contribution is 2.40. The Morgan fingerprint density at radius 1 is 1.18 bits per heavy atom. The summed E-state index contributed by atoms with van der Waals surface area (Å²) in [7, 11) is 0. The molecule has 0 spiro atoms. The molecule has 0 amide bonds. The lowest BCUT2D eigenvalue weighted by molar-refractivity contribution is -0.137. The summed E-state index contributed by atoms with van der Waals surface area (Å²) in [5.74, 6) is -0.390. The van der Waals surface area contributed by atoms with Crippen molar-refractivity contribution in [1.82, 2.24) is 9.78 Å². The summed E-state index contributed by atoms with van der Waals surface area (Å²) >= 11 is 6.19. The van der Waals surface area contributed by atoms with Crippen molar-refractivity contribution in [1.29, 1.82) is 0 Å². The molecule has 2 aromatic carbocycles. The fourth-order valence-corrected chi connectivity index (χ4v) is 3.41. The van der Waals surface area contributed by atoms with Crippen LogP contribution in [0, 0.1) is 0 Å². The zero-order chi connectivity index (χ0) is 20.1. The number of aromatic carboxylic acids is 1. The predicted octanol–water partition coefficient (Wildman–Crippen LogP) is 4.88. The number of carbonyl (C=O) groups is 1. The van der Waals surface area contributed by atoms with E-state index in [9.17, 15) is 18.0 Å². The van der Waals surface area contributed by atoms with Crippen LogP contribution in [-0.2, 0) is 12.6 Å². The average Bonchev–Trinajstić information content (AvgIpc) is 3.24. The van der Waals surface area contributed by atoms with Gasteiger partial charge < -0.3 is 10.4 Å². The van der Waals surface area contributed by atoms with Crippen molar-refractivity contribution in [3.05, 3.63) is 64.2 Å². The molecule has 2 N–H and O–H groups in total. The number of nitrogens with zero attached hydrogens (tertiary/aromatic N) is 2. The van der Waals surface area contributed by atoms with Crippen LogP contribution in [0.2, 0.25) is 5.02 Å². The lowest BCUT2D eigenvalue weighted by Gasteiger charge is -2.10. The van der Waals surface area contributed by atoms with Crippen LogP contribution < -0.4 is 5.32 Å². The standard InChI is InChI=1S/C19H13ClF3N3O2/c20-15-6-3-11(19(21,22)23)9-14(15)16-13-7-8-24-17(13)26(25-16)12-4-1-10(2-5-12)18(27)28/h1-6,9,24H,7-8H2,(H,27,28). The first-order valence-corrected chi connectivity index (χ1v) is 8.70. The number of benzene rings is 2. The van der Waals surface area contributed by atoms with Gasteiger partial charge in [0, 0.05) is 17.7 Å². The summed E-state index contributed by atoms with van der Waals surface area (Å²) in [4.78, 5) is 11.0. The van der Waals surface area contributed by atoms with E-state index in [1.807, 2.05) is 0 Å². The number of rotatable bonds is 3. The molecule has 144 valence electrons. The zero-order valence-corrected chi connectivity index (χ0v) is 15.0. The largest absolute Gasteiger partial charge is 0.478 e. The lowest BCUT2D eigenvalue weighted by Crippen LogP contribution is -2.06. The van der Waals surface area contributed by atoms with E-state index in [1.54, 1.807) is 16.8 Å². The smallest absolute Gasteiger partial charge is 0.416 e. The fourth-order valence-electron chi connectivity index (χ4n) is 3.21. The van der Waals surface area contributed by atoms with E-state index in [-0.39, 0.29) is 16.1 Å². The molecule has 0 saturated carbocycles. The van der Waals surface area contributed by atoms with E-state index < -0.39 is 17.7 Å². The van der Waals surface area contributed by atoms with Crippen molar-refractivity contribution in [2.75, 3.05) is 11.9 Å². The summed E-state index contributed by atoms with van der Waals surface area (Å²) in [6, 6.07) is 9.22. The first-order valence-electron chi connectivity index (χ1n) is 8.32. The van der Waals surface area contributed by atoms with Crippen molar-refractivity contribution in [3.63, 3.8) is 0 Å². The van der Waals surface area contributed by atoms with E-state index >= 15 is 0 Å². The molecule has 0 atom stereocenters. The number of fused-ring (bicyclic) bond motifs is 1. The molecule has 1 aromatic heterocycles. The number of hydrogen-bond donors (Lipinski definition) is 2. The van der Waals surface area contributed by atoms with Crippen LogP contribution in [0.4, 0.5) is 19.0 Å². The molecule has 0 bridgehead atoms. The highest BCUT2D eigenvalue weighted by Gasteiger charge is 2.32. The van der Waals surface area contributed by atoms with Crippen LogP contribution in [0.5, 0.6) is 0 Å². The van der Waals surface area contributed by atoms with Crippen LogP contribution in [-0.4, -0.2) is 27.4 Å². The fraction of sp³-hybridized carbons (Fsp3) is 0.158. The minimum atomic E-state index is -4.49. The van der Waals surface area contributed by atoms with Crippen LogP contribution in [0.3, 0.4) is 0 Å². The molecule has 0 unspecified atom stereocenters. The molecule has 5 nitrogen and oxygen atoms in total. The van der Waals surface area contributed by atoms with E-state index in [2.05, 4.69) is 10.4 Å². The van der Waals surface area contributed by atoms with Crippen LogP contribution in [0.1, 0.15) is 21.5 Å². The van der Waals surface area contributed by atoms with Crippen molar-refractivity contribution in [2.24, 2.45) is 0 Å². The molecule has 2 heterocycles. The first kappa shape index (κ1) is 18.4. The van der Waals surface area contributed by atoms with Gasteiger partial charge in [0.2, 0.25) is 0 Å². The normalized spacial score (nSPS) is 13.3. The number of carboxylic acid groups (broad SMARTS) is 1. The van der Waals surface area contributed by atoms with Gasteiger partial charge >= 0.3 is 12.1 Å². The van der Waals surface area contributed by atoms with Crippen LogP contribution >= 0.6 is 11.6 Å². The second-order valence-electron chi connectivity index (χ2n) is 6.31. The minimum Gasteiger partial charge on any atom is -0.478 e. The third kappa shape index (κ3) is 3.09. The Balaban J connectivity index is 1.85. The van der Waals surface area contributed by atoms with Crippen molar-refractivity contribution in [2.45, 2.75) is 12.6 Å². The lowest BCUT2D eigenvalue weighted by atomic mass is 10.0. The van der Waals surface area contributed by atoms with Crippen molar-refractivity contribution in [3.8, 4) is 16.9 Å². The monoisotopic (exact) mass is 407 g/mol. The quantitative estimate of drug-likeness (QED) is 0.649. The molecule has 0 aliphatic carbocycles. The van der Waals surface area contributed by atoms with Gasteiger partial charge in [-0.05, 0) is 48.9 Å². The molecule has 1 aliphatic rings. The van der Waals surface area contributed by atoms with Gasteiger partial charge in [-0.1, -0.05) is 11.6 Å². The Morgan fingerprint density at radius 2 is 1.89 bits per heavy atom.